The predicted octanol–water partition coefficient (Wildman–Crippen LogP) is 3.61. The topological polar surface area (TPSA) is 44.5 Å². The average molecular weight is 296 g/mol. The standard InChI is InChI=1S/C16H22ClNO2/c1-9(2)13-11(16(4-5-16)10(3)18)8-12(17)14-15(13)20-7-6-19-14/h8-10H,4-7,18H2,1-3H3. The van der Waals surface area contributed by atoms with Crippen LogP contribution in [0.3, 0.4) is 0 Å². The van der Waals surface area contributed by atoms with Gasteiger partial charge in [-0.3, -0.25) is 0 Å². The third kappa shape index (κ3) is 1.99. The van der Waals surface area contributed by atoms with E-state index in [0.717, 1.165) is 18.6 Å². The minimum absolute atomic E-state index is 0.0685. The summed E-state index contributed by atoms with van der Waals surface area (Å²) < 4.78 is 11.6. The molecule has 0 saturated heterocycles. The van der Waals surface area contributed by atoms with Crippen LogP contribution in [0.5, 0.6) is 11.5 Å². The van der Waals surface area contributed by atoms with Gasteiger partial charge < -0.3 is 15.2 Å². The molecular weight excluding hydrogens is 274 g/mol. The van der Waals surface area contributed by atoms with Crippen molar-refractivity contribution in [3.63, 3.8) is 0 Å². The van der Waals surface area contributed by atoms with Crippen molar-refractivity contribution in [2.75, 3.05) is 13.2 Å². The monoisotopic (exact) mass is 295 g/mol. The van der Waals surface area contributed by atoms with Gasteiger partial charge in [-0.25, -0.2) is 0 Å². The maximum Gasteiger partial charge on any atom is 0.180 e. The van der Waals surface area contributed by atoms with Crippen molar-refractivity contribution in [2.45, 2.75) is 51.0 Å². The van der Waals surface area contributed by atoms with E-state index in [9.17, 15) is 0 Å². The fraction of sp³-hybridized carbons (Fsp3) is 0.625. The number of nitrogens with two attached hydrogens (primary N) is 1. The Labute approximate surface area is 125 Å². The summed E-state index contributed by atoms with van der Waals surface area (Å²) in [4.78, 5) is 0. The molecule has 3 nitrogen and oxygen atoms in total. The number of rotatable bonds is 3. The molecule has 20 heavy (non-hydrogen) atoms. The van der Waals surface area contributed by atoms with Gasteiger partial charge in [-0.15, -0.1) is 0 Å². The molecule has 0 radical (unpaired) electrons. The van der Waals surface area contributed by atoms with Gasteiger partial charge in [-0.1, -0.05) is 25.4 Å². The summed E-state index contributed by atoms with van der Waals surface area (Å²) in [5.74, 6) is 1.89. The smallest absolute Gasteiger partial charge is 0.180 e. The van der Waals surface area contributed by atoms with Crippen LogP contribution in [-0.4, -0.2) is 19.3 Å². The number of benzene rings is 1. The van der Waals surface area contributed by atoms with Gasteiger partial charge in [0.05, 0.1) is 5.02 Å². The normalized spacial score (nSPS) is 20.9. The van der Waals surface area contributed by atoms with Crippen molar-refractivity contribution in [3.8, 4) is 11.5 Å². The first-order valence-electron chi connectivity index (χ1n) is 7.35. The van der Waals surface area contributed by atoms with E-state index in [2.05, 4.69) is 26.8 Å². The second kappa shape index (κ2) is 4.81. The van der Waals surface area contributed by atoms with E-state index < -0.39 is 0 Å². The highest BCUT2D eigenvalue weighted by Crippen LogP contribution is 2.56. The maximum atomic E-state index is 6.42. The molecule has 0 spiro atoms. The van der Waals surface area contributed by atoms with E-state index in [0.29, 0.717) is 29.9 Å². The molecule has 1 aliphatic carbocycles. The molecule has 1 unspecified atom stereocenters. The molecule has 1 saturated carbocycles. The zero-order valence-corrected chi connectivity index (χ0v) is 13.1. The molecule has 3 rings (SSSR count). The first-order chi connectivity index (χ1) is 9.47. The Morgan fingerprint density at radius 3 is 2.25 bits per heavy atom. The zero-order valence-electron chi connectivity index (χ0n) is 12.3. The van der Waals surface area contributed by atoms with Gasteiger partial charge in [0.1, 0.15) is 13.2 Å². The molecule has 0 amide bonds. The van der Waals surface area contributed by atoms with Crippen LogP contribution in [0, 0.1) is 0 Å². The highest BCUT2D eigenvalue weighted by molar-refractivity contribution is 6.32. The van der Waals surface area contributed by atoms with Gasteiger partial charge in [0.15, 0.2) is 11.5 Å². The van der Waals surface area contributed by atoms with Crippen LogP contribution in [0.4, 0.5) is 0 Å². The van der Waals surface area contributed by atoms with E-state index in [1.54, 1.807) is 0 Å². The Kier molecular flexibility index (Phi) is 3.38. The molecule has 1 atom stereocenters. The first-order valence-corrected chi connectivity index (χ1v) is 7.73. The van der Waals surface area contributed by atoms with Crippen molar-refractivity contribution < 1.29 is 9.47 Å². The Bertz CT molecular complexity index is 536. The van der Waals surface area contributed by atoms with Crippen LogP contribution < -0.4 is 15.2 Å². The second-order valence-electron chi connectivity index (χ2n) is 6.27. The fourth-order valence-corrected chi connectivity index (χ4v) is 3.53. The van der Waals surface area contributed by atoms with Crippen LogP contribution in [0.1, 0.15) is 50.7 Å². The van der Waals surface area contributed by atoms with E-state index in [-0.39, 0.29) is 11.5 Å². The molecule has 0 aromatic heterocycles. The second-order valence-corrected chi connectivity index (χ2v) is 6.68. The Hall–Kier alpha value is -0.930. The molecule has 0 bridgehead atoms. The van der Waals surface area contributed by atoms with Crippen molar-refractivity contribution in [1.29, 1.82) is 0 Å². The third-order valence-electron chi connectivity index (χ3n) is 4.58. The molecule has 110 valence electrons. The van der Waals surface area contributed by atoms with Gasteiger partial charge in [-0.2, -0.15) is 0 Å². The van der Waals surface area contributed by atoms with Crippen LogP contribution in [-0.2, 0) is 5.41 Å². The fourth-order valence-electron chi connectivity index (χ4n) is 3.28. The largest absolute Gasteiger partial charge is 0.486 e. The summed E-state index contributed by atoms with van der Waals surface area (Å²) in [7, 11) is 0. The number of ether oxygens (including phenoxy) is 2. The van der Waals surface area contributed by atoms with Gasteiger partial charge >= 0.3 is 0 Å². The minimum Gasteiger partial charge on any atom is -0.486 e. The van der Waals surface area contributed by atoms with Crippen molar-refractivity contribution in [3.05, 3.63) is 22.2 Å². The van der Waals surface area contributed by atoms with Gasteiger partial charge in [0.2, 0.25) is 0 Å². The molecule has 1 fully saturated rings. The van der Waals surface area contributed by atoms with Crippen LogP contribution in [0.25, 0.3) is 0 Å². The summed E-state index contributed by atoms with van der Waals surface area (Å²) in [5.41, 5.74) is 8.80. The lowest BCUT2D eigenvalue weighted by atomic mass is 9.82. The van der Waals surface area contributed by atoms with Crippen LogP contribution in [0.2, 0.25) is 5.02 Å². The van der Waals surface area contributed by atoms with Crippen LogP contribution >= 0.6 is 11.6 Å². The molecule has 4 heteroatoms. The molecule has 2 aliphatic rings. The van der Waals surface area contributed by atoms with Crippen molar-refractivity contribution in [1.82, 2.24) is 0 Å². The Balaban J connectivity index is 2.22. The van der Waals surface area contributed by atoms with E-state index in [1.807, 2.05) is 0 Å². The SMILES string of the molecule is CC(C)c1c(C2(C(C)N)CC2)cc(Cl)c2c1OCCO2. The van der Waals surface area contributed by atoms with Crippen molar-refractivity contribution >= 4 is 11.6 Å². The highest BCUT2D eigenvalue weighted by atomic mass is 35.5. The molecule has 1 aromatic rings. The molecule has 1 aliphatic heterocycles. The maximum absolute atomic E-state index is 6.42. The average Bonchev–Trinajstić information content (AvgIpc) is 3.19. The lowest BCUT2D eigenvalue weighted by Gasteiger charge is -2.30. The summed E-state index contributed by atoms with van der Waals surface area (Å²) >= 11 is 6.42. The van der Waals surface area contributed by atoms with Gasteiger partial charge in [0.25, 0.3) is 0 Å². The summed E-state index contributed by atoms with van der Waals surface area (Å²) in [6, 6.07) is 2.18. The number of hydrogen-bond donors (Lipinski definition) is 1. The summed E-state index contributed by atoms with van der Waals surface area (Å²) in [5, 5.41) is 0.644. The number of fused-ring (bicyclic) bond motifs is 1. The Morgan fingerprint density at radius 1 is 1.15 bits per heavy atom. The van der Waals surface area contributed by atoms with E-state index in [4.69, 9.17) is 26.8 Å². The molecule has 1 aromatic carbocycles. The van der Waals surface area contributed by atoms with E-state index >= 15 is 0 Å². The highest BCUT2D eigenvalue weighted by Gasteiger charge is 2.50. The lowest BCUT2D eigenvalue weighted by Crippen LogP contribution is -2.33. The van der Waals surface area contributed by atoms with Gasteiger partial charge in [-0.05, 0) is 37.3 Å². The molecule has 1 heterocycles. The first kappa shape index (κ1) is 14.0. The van der Waals surface area contributed by atoms with Crippen molar-refractivity contribution in [2.24, 2.45) is 5.73 Å². The minimum atomic E-state index is 0.0685. The third-order valence-corrected chi connectivity index (χ3v) is 4.86. The number of halogens is 1. The number of hydrogen-bond acceptors (Lipinski definition) is 3. The molecular formula is C16H22ClNO2. The summed E-state index contributed by atoms with van der Waals surface area (Å²) in [6.45, 7) is 7.59. The predicted molar refractivity (Wildman–Crippen MR) is 81.1 cm³/mol. The zero-order chi connectivity index (χ0) is 14.5. The van der Waals surface area contributed by atoms with Crippen LogP contribution in [0.15, 0.2) is 6.07 Å². The van der Waals surface area contributed by atoms with Gasteiger partial charge in [0, 0.05) is 17.0 Å². The lowest BCUT2D eigenvalue weighted by molar-refractivity contribution is 0.169. The molecule has 2 N–H and O–H groups in total. The summed E-state index contributed by atoms with van der Waals surface area (Å²) in [6.07, 6.45) is 2.25. The quantitative estimate of drug-likeness (QED) is 0.926. The van der Waals surface area contributed by atoms with E-state index in [1.165, 1.54) is 11.1 Å². The Morgan fingerprint density at radius 2 is 1.75 bits per heavy atom.